The Bertz CT molecular complexity index is 458. The monoisotopic (exact) mass is 260 g/mol. The van der Waals surface area contributed by atoms with Crippen LogP contribution in [0.2, 0.25) is 0 Å². The van der Waals surface area contributed by atoms with Crippen LogP contribution in [0.3, 0.4) is 0 Å². The zero-order valence-corrected chi connectivity index (χ0v) is 11.5. The summed E-state index contributed by atoms with van der Waals surface area (Å²) < 4.78 is 5.11. The predicted octanol–water partition coefficient (Wildman–Crippen LogP) is 2.68. The highest BCUT2D eigenvalue weighted by atomic mass is 16.5. The van der Waals surface area contributed by atoms with E-state index in [1.54, 1.807) is 0 Å². The maximum absolute atomic E-state index is 11.5. The van der Waals surface area contributed by atoms with E-state index in [-0.39, 0.29) is 5.97 Å². The third kappa shape index (κ3) is 5.91. The minimum absolute atomic E-state index is 0.231. The second-order valence-electron chi connectivity index (χ2n) is 5.21. The molecule has 0 saturated carbocycles. The van der Waals surface area contributed by atoms with E-state index in [1.807, 2.05) is 38.1 Å². The molecule has 4 heteroatoms. The molecule has 1 aromatic rings. The van der Waals surface area contributed by atoms with Crippen LogP contribution in [0.15, 0.2) is 24.3 Å². The van der Waals surface area contributed by atoms with Crippen LogP contribution in [0, 0.1) is 16.7 Å². The molecule has 0 amide bonds. The number of nitrogen functional groups attached to an aromatic ring is 1. The van der Waals surface area contributed by atoms with Crippen molar-refractivity contribution in [3.63, 3.8) is 0 Å². The first-order chi connectivity index (χ1) is 8.93. The lowest BCUT2D eigenvalue weighted by Crippen LogP contribution is -2.14. The predicted molar refractivity (Wildman–Crippen MR) is 74.1 cm³/mol. The van der Waals surface area contributed by atoms with Crippen molar-refractivity contribution in [1.29, 1.82) is 5.26 Å². The van der Waals surface area contributed by atoms with Crippen LogP contribution in [-0.4, -0.2) is 12.6 Å². The molecule has 0 heterocycles. The third-order valence-corrected chi connectivity index (χ3v) is 2.89. The summed E-state index contributed by atoms with van der Waals surface area (Å²) in [5.74, 6) is -0.231. The first-order valence-corrected chi connectivity index (χ1v) is 6.34. The number of nitriles is 1. The number of carbonyl (C=O) groups is 1. The van der Waals surface area contributed by atoms with Gasteiger partial charge in [-0.1, -0.05) is 12.1 Å². The fourth-order valence-electron chi connectivity index (χ4n) is 1.48. The minimum Gasteiger partial charge on any atom is -0.466 e. The molecule has 1 rings (SSSR count). The molecule has 0 fully saturated rings. The largest absolute Gasteiger partial charge is 0.466 e. The molecule has 0 aromatic heterocycles. The lowest BCUT2D eigenvalue weighted by molar-refractivity contribution is -0.144. The summed E-state index contributed by atoms with van der Waals surface area (Å²) >= 11 is 0. The number of hydrogen-bond donors (Lipinski definition) is 1. The summed E-state index contributed by atoms with van der Waals surface area (Å²) in [6, 6.07) is 9.61. The van der Waals surface area contributed by atoms with E-state index in [9.17, 15) is 4.79 Å². The van der Waals surface area contributed by atoms with Crippen LogP contribution >= 0.6 is 0 Å². The molecule has 0 aliphatic carbocycles. The van der Waals surface area contributed by atoms with E-state index in [1.165, 1.54) is 0 Å². The van der Waals surface area contributed by atoms with Crippen molar-refractivity contribution in [3.05, 3.63) is 29.8 Å². The highest BCUT2D eigenvalue weighted by Crippen LogP contribution is 2.18. The van der Waals surface area contributed by atoms with Crippen LogP contribution in [0.5, 0.6) is 0 Å². The van der Waals surface area contributed by atoms with E-state index >= 15 is 0 Å². The van der Waals surface area contributed by atoms with E-state index < -0.39 is 5.41 Å². The summed E-state index contributed by atoms with van der Waals surface area (Å²) in [6.45, 7) is 3.95. The first kappa shape index (κ1) is 15.0. The van der Waals surface area contributed by atoms with Crippen LogP contribution < -0.4 is 5.73 Å². The van der Waals surface area contributed by atoms with Crippen molar-refractivity contribution in [1.82, 2.24) is 0 Å². The first-order valence-electron chi connectivity index (χ1n) is 6.34. The highest BCUT2D eigenvalue weighted by Gasteiger charge is 2.17. The second kappa shape index (κ2) is 6.79. The molecule has 0 radical (unpaired) electrons. The maximum atomic E-state index is 11.5. The van der Waals surface area contributed by atoms with Gasteiger partial charge in [-0.05, 0) is 44.4 Å². The summed E-state index contributed by atoms with van der Waals surface area (Å²) in [4.78, 5) is 11.5. The number of aryl methyl sites for hydroxylation is 1. The fraction of sp³-hybridized carbons (Fsp3) is 0.467. The molecule has 19 heavy (non-hydrogen) atoms. The molecule has 0 aliphatic heterocycles. The topological polar surface area (TPSA) is 76.1 Å². The Morgan fingerprint density at radius 3 is 2.58 bits per heavy atom. The number of nitrogens with two attached hydrogens (primary N) is 1. The Morgan fingerprint density at radius 1 is 1.37 bits per heavy atom. The number of benzene rings is 1. The number of hydrogen-bond acceptors (Lipinski definition) is 4. The number of nitrogens with zero attached hydrogens (tertiary/aromatic N) is 1. The van der Waals surface area contributed by atoms with Gasteiger partial charge in [0, 0.05) is 12.1 Å². The molecule has 0 unspecified atom stereocenters. The SMILES string of the molecule is CC(C)(C#N)CCOC(=O)CCc1ccc(N)cc1. The standard InChI is InChI=1S/C15H20N2O2/c1-15(2,11-16)9-10-19-14(18)8-5-12-3-6-13(17)7-4-12/h3-4,6-7H,5,8-10,17H2,1-2H3. The Balaban J connectivity index is 2.25. The average molecular weight is 260 g/mol. The Morgan fingerprint density at radius 2 is 2.00 bits per heavy atom. The van der Waals surface area contributed by atoms with Gasteiger partial charge in [0.2, 0.25) is 0 Å². The third-order valence-electron chi connectivity index (χ3n) is 2.89. The van der Waals surface area contributed by atoms with Crippen LogP contribution in [0.4, 0.5) is 5.69 Å². The zero-order chi connectivity index (χ0) is 14.3. The number of ether oxygens (including phenoxy) is 1. The van der Waals surface area contributed by atoms with Gasteiger partial charge in [-0.15, -0.1) is 0 Å². The Labute approximate surface area is 114 Å². The van der Waals surface area contributed by atoms with E-state index in [2.05, 4.69) is 6.07 Å². The molecular formula is C15H20N2O2. The molecule has 1 aromatic carbocycles. The molecule has 102 valence electrons. The fourth-order valence-corrected chi connectivity index (χ4v) is 1.48. The van der Waals surface area contributed by atoms with Gasteiger partial charge in [0.05, 0.1) is 18.1 Å². The van der Waals surface area contributed by atoms with Crippen LogP contribution in [0.25, 0.3) is 0 Å². The van der Waals surface area contributed by atoms with Gasteiger partial charge in [-0.2, -0.15) is 5.26 Å². The van der Waals surface area contributed by atoms with Crippen LogP contribution in [-0.2, 0) is 16.0 Å². The van der Waals surface area contributed by atoms with E-state index in [4.69, 9.17) is 15.7 Å². The molecule has 0 atom stereocenters. The summed E-state index contributed by atoms with van der Waals surface area (Å²) in [7, 11) is 0. The average Bonchev–Trinajstić information content (AvgIpc) is 2.38. The van der Waals surface area contributed by atoms with Gasteiger partial charge >= 0.3 is 5.97 Å². The number of anilines is 1. The summed E-state index contributed by atoms with van der Waals surface area (Å²) in [6.07, 6.45) is 1.54. The lowest BCUT2D eigenvalue weighted by Gasteiger charge is -2.14. The molecule has 4 nitrogen and oxygen atoms in total. The lowest BCUT2D eigenvalue weighted by atomic mass is 9.92. The smallest absolute Gasteiger partial charge is 0.306 e. The van der Waals surface area contributed by atoms with Crippen molar-refractivity contribution in [3.8, 4) is 6.07 Å². The molecular weight excluding hydrogens is 240 g/mol. The van der Waals surface area contributed by atoms with Crippen molar-refractivity contribution < 1.29 is 9.53 Å². The van der Waals surface area contributed by atoms with Crippen molar-refractivity contribution in [2.45, 2.75) is 33.1 Å². The highest BCUT2D eigenvalue weighted by molar-refractivity contribution is 5.69. The van der Waals surface area contributed by atoms with Crippen molar-refractivity contribution in [2.24, 2.45) is 5.41 Å². The normalized spacial score (nSPS) is 10.8. The van der Waals surface area contributed by atoms with Gasteiger partial charge in [0.15, 0.2) is 0 Å². The Kier molecular flexibility index (Phi) is 5.37. The van der Waals surface area contributed by atoms with E-state index in [0.717, 1.165) is 5.56 Å². The van der Waals surface area contributed by atoms with Crippen molar-refractivity contribution >= 4 is 11.7 Å². The second-order valence-corrected chi connectivity index (χ2v) is 5.21. The number of rotatable bonds is 6. The van der Waals surface area contributed by atoms with Crippen LogP contribution in [0.1, 0.15) is 32.3 Å². The van der Waals surface area contributed by atoms with Gasteiger partial charge in [-0.25, -0.2) is 0 Å². The zero-order valence-electron chi connectivity index (χ0n) is 11.5. The Hall–Kier alpha value is -2.02. The molecule has 0 bridgehead atoms. The van der Waals surface area contributed by atoms with Gasteiger partial charge in [0.1, 0.15) is 0 Å². The van der Waals surface area contributed by atoms with Gasteiger partial charge in [0.25, 0.3) is 0 Å². The molecule has 2 N–H and O–H groups in total. The number of esters is 1. The van der Waals surface area contributed by atoms with Gasteiger partial charge in [-0.3, -0.25) is 4.79 Å². The van der Waals surface area contributed by atoms with Crippen molar-refractivity contribution in [2.75, 3.05) is 12.3 Å². The molecule has 0 saturated heterocycles. The van der Waals surface area contributed by atoms with E-state index in [0.29, 0.717) is 31.6 Å². The summed E-state index contributed by atoms with van der Waals surface area (Å²) in [5.41, 5.74) is 6.91. The molecule has 0 spiro atoms. The van der Waals surface area contributed by atoms with Gasteiger partial charge < -0.3 is 10.5 Å². The minimum atomic E-state index is -0.447. The molecule has 0 aliphatic rings. The maximum Gasteiger partial charge on any atom is 0.306 e. The summed E-state index contributed by atoms with van der Waals surface area (Å²) in [5, 5.41) is 8.83. The quantitative estimate of drug-likeness (QED) is 0.630. The number of carbonyl (C=O) groups excluding carboxylic acids is 1.